The van der Waals surface area contributed by atoms with Crippen LogP contribution in [0.3, 0.4) is 0 Å². The molecular weight excluding hydrogens is 298 g/mol. The lowest BCUT2D eigenvalue weighted by Crippen LogP contribution is -2.18. The Labute approximate surface area is 134 Å². The summed E-state index contributed by atoms with van der Waals surface area (Å²) in [6.45, 7) is 2.48. The number of rotatable bonds is 5. The number of ether oxygens (including phenoxy) is 3. The van der Waals surface area contributed by atoms with E-state index in [1.807, 2.05) is 25.2 Å². The number of esters is 1. The molecule has 0 radical (unpaired) electrons. The smallest absolute Gasteiger partial charge is 0.373 e. The quantitative estimate of drug-likeness (QED) is 0.790. The number of hydrogen-bond acceptors (Lipinski definition) is 6. The molecular formula is C17H19NO5. The van der Waals surface area contributed by atoms with E-state index in [1.54, 1.807) is 12.1 Å². The van der Waals surface area contributed by atoms with Crippen LogP contribution in [0.1, 0.15) is 21.9 Å². The fourth-order valence-electron chi connectivity index (χ4n) is 2.49. The molecule has 1 aliphatic heterocycles. The molecule has 1 aliphatic rings. The van der Waals surface area contributed by atoms with Crippen molar-refractivity contribution < 1.29 is 23.4 Å². The Bertz CT molecular complexity index is 694. The van der Waals surface area contributed by atoms with Gasteiger partial charge in [0, 0.05) is 6.54 Å². The minimum Gasteiger partial charge on any atom is -0.486 e. The Hall–Kier alpha value is -2.47. The maximum absolute atomic E-state index is 11.4. The Balaban J connectivity index is 1.62. The summed E-state index contributed by atoms with van der Waals surface area (Å²) in [5.41, 5.74) is 1.12. The van der Waals surface area contributed by atoms with Crippen LogP contribution in [0.2, 0.25) is 0 Å². The summed E-state index contributed by atoms with van der Waals surface area (Å²) in [6, 6.07) is 9.35. The van der Waals surface area contributed by atoms with Crippen LogP contribution in [-0.2, 0) is 17.8 Å². The zero-order chi connectivity index (χ0) is 16.2. The summed E-state index contributed by atoms with van der Waals surface area (Å²) in [6.07, 6.45) is 0. The highest BCUT2D eigenvalue weighted by Crippen LogP contribution is 2.31. The van der Waals surface area contributed by atoms with Gasteiger partial charge in [-0.2, -0.15) is 0 Å². The van der Waals surface area contributed by atoms with E-state index in [4.69, 9.17) is 13.9 Å². The molecule has 2 aromatic rings. The number of furan rings is 1. The second-order valence-electron chi connectivity index (χ2n) is 5.41. The fourth-order valence-corrected chi connectivity index (χ4v) is 2.49. The summed E-state index contributed by atoms with van der Waals surface area (Å²) in [5.74, 6) is 2.04. The van der Waals surface area contributed by atoms with Crippen molar-refractivity contribution in [2.45, 2.75) is 13.1 Å². The average Bonchev–Trinajstić information content (AvgIpc) is 3.02. The van der Waals surface area contributed by atoms with E-state index in [1.165, 1.54) is 7.11 Å². The first-order valence-electron chi connectivity index (χ1n) is 7.40. The third-order valence-corrected chi connectivity index (χ3v) is 3.53. The Morgan fingerprint density at radius 1 is 1.13 bits per heavy atom. The molecule has 0 bridgehead atoms. The van der Waals surface area contributed by atoms with Crippen molar-refractivity contribution in [3.8, 4) is 11.5 Å². The van der Waals surface area contributed by atoms with Crippen molar-refractivity contribution in [1.29, 1.82) is 0 Å². The van der Waals surface area contributed by atoms with E-state index < -0.39 is 5.97 Å². The van der Waals surface area contributed by atoms with Gasteiger partial charge in [-0.05, 0) is 36.9 Å². The van der Waals surface area contributed by atoms with Crippen molar-refractivity contribution in [3.05, 3.63) is 47.4 Å². The average molecular weight is 317 g/mol. The first-order chi connectivity index (χ1) is 11.2. The van der Waals surface area contributed by atoms with Gasteiger partial charge in [-0.25, -0.2) is 4.79 Å². The van der Waals surface area contributed by atoms with Gasteiger partial charge in [-0.1, -0.05) is 6.07 Å². The first kappa shape index (κ1) is 15.4. The van der Waals surface area contributed by atoms with Crippen LogP contribution in [0.4, 0.5) is 0 Å². The van der Waals surface area contributed by atoms with Gasteiger partial charge < -0.3 is 18.6 Å². The lowest BCUT2D eigenvalue weighted by molar-refractivity contribution is 0.0561. The minimum absolute atomic E-state index is 0.218. The summed E-state index contributed by atoms with van der Waals surface area (Å²) in [5, 5.41) is 0. The maximum atomic E-state index is 11.4. The highest BCUT2D eigenvalue weighted by Gasteiger charge is 2.14. The number of hydrogen-bond donors (Lipinski definition) is 0. The molecule has 0 atom stereocenters. The number of carbonyl (C=O) groups excluding carboxylic acids is 1. The molecule has 23 heavy (non-hydrogen) atoms. The molecule has 0 N–H and O–H groups in total. The molecule has 1 aromatic heterocycles. The zero-order valence-corrected chi connectivity index (χ0v) is 13.2. The molecule has 0 unspecified atom stereocenters. The van der Waals surface area contributed by atoms with Crippen molar-refractivity contribution in [2.75, 3.05) is 27.4 Å². The van der Waals surface area contributed by atoms with E-state index >= 15 is 0 Å². The third-order valence-electron chi connectivity index (χ3n) is 3.53. The van der Waals surface area contributed by atoms with E-state index in [2.05, 4.69) is 9.64 Å². The lowest BCUT2D eigenvalue weighted by atomic mass is 10.2. The topological polar surface area (TPSA) is 61.1 Å². The van der Waals surface area contributed by atoms with Crippen LogP contribution in [0.5, 0.6) is 11.5 Å². The van der Waals surface area contributed by atoms with Gasteiger partial charge in [-0.3, -0.25) is 4.90 Å². The molecule has 2 heterocycles. The van der Waals surface area contributed by atoms with Gasteiger partial charge in [-0.15, -0.1) is 0 Å². The Kier molecular flexibility index (Phi) is 4.52. The highest BCUT2D eigenvalue weighted by molar-refractivity contribution is 5.86. The molecule has 6 nitrogen and oxygen atoms in total. The van der Waals surface area contributed by atoms with Gasteiger partial charge in [0.05, 0.1) is 13.7 Å². The van der Waals surface area contributed by atoms with Crippen LogP contribution < -0.4 is 9.47 Å². The van der Waals surface area contributed by atoms with Crippen LogP contribution in [-0.4, -0.2) is 38.2 Å². The molecule has 0 fully saturated rings. The van der Waals surface area contributed by atoms with Crippen LogP contribution in [0.15, 0.2) is 34.7 Å². The second kappa shape index (κ2) is 6.75. The van der Waals surface area contributed by atoms with E-state index in [0.717, 1.165) is 23.6 Å². The van der Waals surface area contributed by atoms with E-state index in [9.17, 15) is 4.79 Å². The van der Waals surface area contributed by atoms with Gasteiger partial charge in [0.15, 0.2) is 11.5 Å². The summed E-state index contributed by atoms with van der Waals surface area (Å²) >= 11 is 0. The molecule has 0 aliphatic carbocycles. The molecule has 3 rings (SSSR count). The number of nitrogens with zero attached hydrogens (tertiary/aromatic N) is 1. The van der Waals surface area contributed by atoms with Gasteiger partial charge in [0.25, 0.3) is 0 Å². The molecule has 0 saturated carbocycles. The standard InChI is InChI=1S/C17H19NO5/c1-18(11-13-4-6-15(23-13)17(19)20-2)10-12-3-5-14-16(9-12)22-8-7-21-14/h3-6,9H,7-8,10-11H2,1-2H3. The van der Waals surface area contributed by atoms with Gasteiger partial charge >= 0.3 is 5.97 Å². The van der Waals surface area contributed by atoms with Crippen LogP contribution in [0, 0.1) is 0 Å². The van der Waals surface area contributed by atoms with Crippen molar-refractivity contribution in [3.63, 3.8) is 0 Å². The van der Waals surface area contributed by atoms with Crippen molar-refractivity contribution >= 4 is 5.97 Å². The predicted octanol–water partition coefficient (Wildman–Crippen LogP) is 2.47. The lowest BCUT2D eigenvalue weighted by Gasteiger charge is -2.20. The molecule has 122 valence electrons. The largest absolute Gasteiger partial charge is 0.486 e. The van der Waals surface area contributed by atoms with Gasteiger partial charge in [0.2, 0.25) is 5.76 Å². The van der Waals surface area contributed by atoms with Crippen molar-refractivity contribution in [2.24, 2.45) is 0 Å². The van der Waals surface area contributed by atoms with Crippen LogP contribution in [0.25, 0.3) is 0 Å². The summed E-state index contributed by atoms with van der Waals surface area (Å²) < 4.78 is 21.2. The predicted molar refractivity (Wildman–Crippen MR) is 82.7 cm³/mol. The fraction of sp³-hybridized carbons (Fsp3) is 0.353. The van der Waals surface area contributed by atoms with Crippen molar-refractivity contribution in [1.82, 2.24) is 4.90 Å². The molecule has 1 aromatic carbocycles. The second-order valence-corrected chi connectivity index (χ2v) is 5.41. The number of benzene rings is 1. The Morgan fingerprint density at radius 2 is 1.91 bits per heavy atom. The normalized spacial score (nSPS) is 13.2. The number of carbonyl (C=O) groups is 1. The Morgan fingerprint density at radius 3 is 2.70 bits per heavy atom. The highest BCUT2D eigenvalue weighted by atomic mass is 16.6. The minimum atomic E-state index is -0.467. The van der Waals surface area contributed by atoms with Crippen LogP contribution >= 0.6 is 0 Å². The third kappa shape index (κ3) is 3.65. The molecule has 0 amide bonds. The molecule has 0 spiro atoms. The number of fused-ring (bicyclic) bond motifs is 1. The summed E-state index contributed by atoms with van der Waals surface area (Å²) in [4.78, 5) is 13.5. The SMILES string of the molecule is COC(=O)c1ccc(CN(C)Cc2ccc3c(c2)OCCO3)o1. The number of methoxy groups -OCH3 is 1. The molecule has 6 heteroatoms. The van der Waals surface area contributed by atoms with Gasteiger partial charge in [0.1, 0.15) is 19.0 Å². The monoisotopic (exact) mass is 317 g/mol. The maximum Gasteiger partial charge on any atom is 0.373 e. The summed E-state index contributed by atoms with van der Waals surface area (Å²) in [7, 11) is 3.32. The van der Waals surface area contributed by atoms with E-state index in [0.29, 0.717) is 25.5 Å². The van der Waals surface area contributed by atoms with E-state index in [-0.39, 0.29) is 5.76 Å². The zero-order valence-electron chi connectivity index (χ0n) is 13.2. The first-order valence-corrected chi connectivity index (χ1v) is 7.40. The molecule has 0 saturated heterocycles.